The van der Waals surface area contributed by atoms with Crippen molar-refractivity contribution in [2.24, 2.45) is 0 Å². The smallest absolute Gasteiger partial charge is 0.238 e. The highest BCUT2D eigenvalue weighted by atomic mass is 35.5. The number of thiophene rings is 1. The van der Waals surface area contributed by atoms with Gasteiger partial charge in [0.25, 0.3) is 0 Å². The minimum atomic E-state index is -3.63. The molecular formula is C19H14Cl2N2O3S2. The molecule has 28 heavy (non-hydrogen) atoms. The summed E-state index contributed by atoms with van der Waals surface area (Å²) < 4.78 is 32.4. The molecule has 1 unspecified atom stereocenters. The quantitative estimate of drug-likeness (QED) is 0.381. The lowest BCUT2D eigenvalue weighted by atomic mass is 10.1. The lowest BCUT2D eigenvalue weighted by Gasteiger charge is -2.20. The van der Waals surface area contributed by atoms with E-state index in [1.807, 2.05) is 23.6 Å². The third kappa shape index (κ3) is 3.63. The van der Waals surface area contributed by atoms with Crippen molar-refractivity contribution in [3.63, 3.8) is 0 Å². The first-order chi connectivity index (χ1) is 13.3. The van der Waals surface area contributed by atoms with Gasteiger partial charge in [0.05, 0.1) is 11.8 Å². The number of nitrogens with zero attached hydrogens (tertiary/aromatic N) is 2. The van der Waals surface area contributed by atoms with Gasteiger partial charge in [0.15, 0.2) is 6.10 Å². The molecule has 4 aromatic rings. The Labute approximate surface area is 176 Å². The fourth-order valence-corrected chi connectivity index (χ4v) is 5.11. The average Bonchev–Trinajstić information content (AvgIpc) is 3.27. The molecule has 0 spiro atoms. The molecule has 0 saturated carbocycles. The zero-order valence-corrected chi connectivity index (χ0v) is 17.7. The summed E-state index contributed by atoms with van der Waals surface area (Å²) >= 11 is 13.9. The number of benzene rings is 1. The van der Waals surface area contributed by atoms with Crippen LogP contribution in [0.25, 0.3) is 10.9 Å². The summed E-state index contributed by atoms with van der Waals surface area (Å²) in [6.07, 6.45) is 2.11. The van der Waals surface area contributed by atoms with E-state index in [9.17, 15) is 8.42 Å². The summed E-state index contributed by atoms with van der Waals surface area (Å²) in [5.74, 6) is 0.179. The van der Waals surface area contributed by atoms with E-state index in [-0.39, 0.29) is 5.88 Å². The molecule has 0 aliphatic heterocycles. The largest absolute Gasteiger partial charge is 0.464 e. The molecule has 9 heteroatoms. The first-order valence-electron chi connectivity index (χ1n) is 8.16. The number of halogens is 2. The normalized spacial score (nSPS) is 13.0. The van der Waals surface area contributed by atoms with E-state index in [0.29, 0.717) is 26.6 Å². The van der Waals surface area contributed by atoms with Crippen LogP contribution in [0, 0.1) is 0 Å². The standard InChI is InChI=1S/C19H14Cl2N2O3S2/c1-28(24,25)23-15-7-6-13(20)10-12(15)11-17(23)26-18(16-5-3-9-27-16)14-4-2-8-22-19(14)21/h2-11,18H,1H3. The Balaban J connectivity index is 1.90. The zero-order chi connectivity index (χ0) is 19.9. The molecule has 0 aliphatic rings. The minimum Gasteiger partial charge on any atom is -0.464 e. The van der Waals surface area contributed by atoms with E-state index in [2.05, 4.69) is 4.98 Å². The van der Waals surface area contributed by atoms with Crippen LogP contribution in [0.2, 0.25) is 10.2 Å². The fraction of sp³-hybridized carbons (Fsp3) is 0.105. The van der Waals surface area contributed by atoms with E-state index in [4.69, 9.17) is 27.9 Å². The van der Waals surface area contributed by atoms with Crippen molar-refractivity contribution in [1.82, 2.24) is 8.96 Å². The number of ether oxygens (including phenoxy) is 1. The molecule has 0 saturated heterocycles. The number of pyridine rings is 1. The molecule has 1 aromatic carbocycles. The Morgan fingerprint density at radius 2 is 1.96 bits per heavy atom. The van der Waals surface area contributed by atoms with Gasteiger partial charge < -0.3 is 4.74 Å². The second kappa shape index (κ2) is 7.40. The maximum absolute atomic E-state index is 12.5. The Morgan fingerprint density at radius 3 is 2.64 bits per heavy atom. The maximum atomic E-state index is 12.5. The maximum Gasteiger partial charge on any atom is 0.238 e. The van der Waals surface area contributed by atoms with E-state index in [1.165, 1.54) is 15.3 Å². The minimum absolute atomic E-state index is 0.179. The van der Waals surface area contributed by atoms with Crippen molar-refractivity contribution in [3.05, 3.63) is 80.7 Å². The van der Waals surface area contributed by atoms with Crippen LogP contribution in [0.5, 0.6) is 5.88 Å². The van der Waals surface area contributed by atoms with Crippen molar-refractivity contribution >= 4 is 55.5 Å². The van der Waals surface area contributed by atoms with Crippen LogP contribution in [0.1, 0.15) is 16.5 Å². The van der Waals surface area contributed by atoms with E-state index in [1.54, 1.807) is 36.5 Å². The summed E-state index contributed by atoms with van der Waals surface area (Å²) in [6.45, 7) is 0. The molecule has 0 bridgehead atoms. The lowest BCUT2D eigenvalue weighted by Crippen LogP contribution is -2.16. The number of hydrogen-bond donors (Lipinski definition) is 0. The zero-order valence-electron chi connectivity index (χ0n) is 14.5. The molecule has 4 rings (SSSR count). The van der Waals surface area contributed by atoms with E-state index >= 15 is 0 Å². The molecule has 3 aromatic heterocycles. The average molecular weight is 453 g/mol. The summed E-state index contributed by atoms with van der Waals surface area (Å²) in [6, 6.07) is 14.0. The fourth-order valence-electron chi connectivity index (χ4n) is 2.99. The molecule has 0 fully saturated rings. The Bertz CT molecular complexity index is 1250. The summed E-state index contributed by atoms with van der Waals surface area (Å²) in [7, 11) is -3.63. The molecular weight excluding hydrogens is 439 g/mol. The van der Waals surface area contributed by atoms with Gasteiger partial charge in [0.2, 0.25) is 15.9 Å². The third-order valence-electron chi connectivity index (χ3n) is 4.13. The van der Waals surface area contributed by atoms with Crippen molar-refractivity contribution in [3.8, 4) is 5.88 Å². The van der Waals surface area contributed by atoms with Gasteiger partial charge in [0, 0.05) is 33.1 Å². The van der Waals surface area contributed by atoms with Crippen LogP contribution in [0.15, 0.2) is 60.1 Å². The molecule has 144 valence electrons. The van der Waals surface area contributed by atoms with Crippen molar-refractivity contribution in [2.45, 2.75) is 6.10 Å². The van der Waals surface area contributed by atoms with E-state index < -0.39 is 16.1 Å². The number of rotatable bonds is 5. The Morgan fingerprint density at radius 1 is 1.14 bits per heavy atom. The molecule has 0 radical (unpaired) electrons. The van der Waals surface area contributed by atoms with Crippen LogP contribution in [0.4, 0.5) is 0 Å². The van der Waals surface area contributed by atoms with Gasteiger partial charge >= 0.3 is 0 Å². The van der Waals surface area contributed by atoms with Gasteiger partial charge in [0.1, 0.15) is 5.15 Å². The highest BCUT2D eigenvalue weighted by molar-refractivity contribution is 7.89. The van der Waals surface area contributed by atoms with Gasteiger partial charge in [-0.1, -0.05) is 35.3 Å². The van der Waals surface area contributed by atoms with E-state index in [0.717, 1.165) is 11.1 Å². The first kappa shape index (κ1) is 19.3. The van der Waals surface area contributed by atoms with Crippen LogP contribution < -0.4 is 4.74 Å². The molecule has 0 N–H and O–H groups in total. The van der Waals surface area contributed by atoms with Gasteiger partial charge in [-0.05, 0) is 35.7 Å². The van der Waals surface area contributed by atoms with Crippen LogP contribution in [-0.2, 0) is 10.0 Å². The van der Waals surface area contributed by atoms with Gasteiger partial charge in [-0.3, -0.25) is 0 Å². The van der Waals surface area contributed by atoms with Gasteiger partial charge in [-0.2, -0.15) is 0 Å². The second-order valence-electron chi connectivity index (χ2n) is 6.11. The molecule has 0 amide bonds. The number of hydrogen-bond acceptors (Lipinski definition) is 5. The van der Waals surface area contributed by atoms with Crippen LogP contribution in [-0.4, -0.2) is 23.6 Å². The monoisotopic (exact) mass is 452 g/mol. The van der Waals surface area contributed by atoms with Crippen LogP contribution in [0.3, 0.4) is 0 Å². The number of aromatic nitrogens is 2. The second-order valence-corrected chi connectivity index (χ2v) is 9.71. The highest BCUT2D eigenvalue weighted by Gasteiger charge is 2.25. The van der Waals surface area contributed by atoms with Crippen LogP contribution >= 0.6 is 34.5 Å². The van der Waals surface area contributed by atoms with Gasteiger partial charge in [-0.15, -0.1) is 11.3 Å². The number of fused-ring (bicyclic) bond motifs is 1. The highest BCUT2D eigenvalue weighted by Crippen LogP contribution is 2.37. The topological polar surface area (TPSA) is 61.2 Å². The predicted octanol–water partition coefficient (Wildman–Crippen LogP) is 5.38. The summed E-state index contributed by atoms with van der Waals surface area (Å²) in [5, 5.41) is 3.39. The Hall–Kier alpha value is -2.06. The summed E-state index contributed by atoms with van der Waals surface area (Å²) in [5.41, 5.74) is 1.14. The SMILES string of the molecule is CS(=O)(=O)n1c(OC(c2cccs2)c2cccnc2Cl)cc2cc(Cl)ccc21. The third-order valence-corrected chi connectivity index (χ3v) is 6.64. The Kier molecular flexibility index (Phi) is 5.09. The summed E-state index contributed by atoms with van der Waals surface area (Å²) in [4.78, 5) is 5.00. The molecule has 3 heterocycles. The van der Waals surface area contributed by atoms with Crippen molar-refractivity contribution in [2.75, 3.05) is 6.26 Å². The molecule has 0 aliphatic carbocycles. The van der Waals surface area contributed by atoms with Crippen molar-refractivity contribution < 1.29 is 13.2 Å². The molecule has 1 atom stereocenters. The van der Waals surface area contributed by atoms with Crippen molar-refractivity contribution in [1.29, 1.82) is 0 Å². The predicted molar refractivity (Wildman–Crippen MR) is 113 cm³/mol. The first-order valence-corrected chi connectivity index (χ1v) is 11.6. The lowest BCUT2D eigenvalue weighted by molar-refractivity contribution is 0.239. The van der Waals surface area contributed by atoms with Gasteiger partial charge in [-0.25, -0.2) is 17.4 Å². The molecule has 5 nitrogen and oxygen atoms in total.